The molecule has 1 aromatic carbocycles. The summed E-state index contributed by atoms with van der Waals surface area (Å²) in [6.07, 6.45) is 0.554. The second-order valence-corrected chi connectivity index (χ2v) is 6.71. The van der Waals surface area contributed by atoms with E-state index >= 15 is 0 Å². The van der Waals surface area contributed by atoms with Crippen molar-refractivity contribution in [2.45, 2.75) is 13.0 Å². The van der Waals surface area contributed by atoms with Gasteiger partial charge in [-0.05, 0) is 18.6 Å². The van der Waals surface area contributed by atoms with Gasteiger partial charge in [-0.25, -0.2) is 4.79 Å². The summed E-state index contributed by atoms with van der Waals surface area (Å²) in [4.78, 5) is 26.0. The lowest BCUT2D eigenvalue weighted by molar-refractivity contribution is -0.157. The van der Waals surface area contributed by atoms with Crippen molar-refractivity contribution < 1.29 is 19.1 Å². The topological polar surface area (TPSA) is 84.9 Å². The van der Waals surface area contributed by atoms with Gasteiger partial charge in [0.15, 0.2) is 5.58 Å². The van der Waals surface area contributed by atoms with E-state index in [4.69, 9.17) is 9.15 Å². The highest BCUT2D eigenvalue weighted by Gasteiger charge is 2.53. The number of likely N-dealkylation sites (tertiary alicyclic amines) is 1. The van der Waals surface area contributed by atoms with Gasteiger partial charge in [0, 0.05) is 38.7 Å². The molecular weight excluding hydrogens is 312 g/mol. The molecule has 2 aromatic rings. The Labute approximate surface area is 138 Å². The molecule has 0 spiro atoms. The number of aliphatic carboxylic acids is 1. The second-order valence-electron chi connectivity index (χ2n) is 6.71. The maximum Gasteiger partial charge on any atom is 0.419 e. The van der Waals surface area contributed by atoms with Crippen LogP contribution in [0.5, 0.6) is 0 Å². The summed E-state index contributed by atoms with van der Waals surface area (Å²) in [5.41, 5.74) is 0.644. The molecule has 24 heavy (non-hydrogen) atoms. The number of carboxylic acids is 1. The van der Waals surface area contributed by atoms with E-state index in [1.54, 1.807) is 10.6 Å². The lowest BCUT2D eigenvalue weighted by atomic mass is 9.74. The highest BCUT2D eigenvalue weighted by atomic mass is 16.5. The highest BCUT2D eigenvalue weighted by Crippen LogP contribution is 2.42. The molecule has 0 unspecified atom stereocenters. The first-order valence-electron chi connectivity index (χ1n) is 8.22. The lowest BCUT2D eigenvalue weighted by Gasteiger charge is -2.34. The number of aromatic nitrogens is 1. The van der Waals surface area contributed by atoms with Crippen LogP contribution in [0.1, 0.15) is 6.42 Å². The minimum atomic E-state index is -0.732. The molecule has 7 nitrogen and oxygen atoms in total. The number of hydrogen-bond donors (Lipinski definition) is 1. The van der Waals surface area contributed by atoms with Gasteiger partial charge in [-0.15, -0.1) is 0 Å². The molecule has 3 heterocycles. The number of ether oxygens (including phenoxy) is 1. The third kappa shape index (κ3) is 2.35. The van der Waals surface area contributed by atoms with E-state index < -0.39 is 11.4 Å². The van der Waals surface area contributed by atoms with Crippen LogP contribution in [-0.4, -0.2) is 53.4 Å². The molecule has 0 amide bonds. The summed E-state index contributed by atoms with van der Waals surface area (Å²) in [5, 5.41) is 9.70. The molecule has 128 valence electrons. The maximum absolute atomic E-state index is 12.0. The molecule has 0 saturated carbocycles. The van der Waals surface area contributed by atoms with Crippen molar-refractivity contribution in [3.05, 3.63) is 34.8 Å². The Morgan fingerprint density at radius 2 is 2.17 bits per heavy atom. The van der Waals surface area contributed by atoms with Gasteiger partial charge in [0.05, 0.1) is 17.5 Å². The highest BCUT2D eigenvalue weighted by molar-refractivity contribution is 5.76. The number of para-hydroxylation sites is 2. The van der Waals surface area contributed by atoms with E-state index in [9.17, 15) is 14.7 Å². The van der Waals surface area contributed by atoms with Crippen LogP contribution in [0.25, 0.3) is 11.1 Å². The van der Waals surface area contributed by atoms with Crippen molar-refractivity contribution in [3.8, 4) is 0 Å². The van der Waals surface area contributed by atoms with Crippen LogP contribution in [0.4, 0.5) is 0 Å². The van der Waals surface area contributed by atoms with Crippen LogP contribution in [-0.2, 0) is 16.1 Å². The van der Waals surface area contributed by atoms with Gasteiger partial charge in [-0.2, -0.15) is 0 Å². The minimum absolute atomic E-state index is 0.0153. The monoisotopic (exact) mass is 332 g/mol. The molecule has 2 saturated heterocycles. The average Bonchev–Trinajstić information content (AvgIpc) is 3.10. The van der Waals surface area contributed by atoms with Crippen LogP contribution in [0.2, 0.25) is 0 Å². The molecule has 0 aliphatic carbocycles. The van der Waals surface area contributed by atoms with Gasteiger partial charge in [-0.3, -0.25) is 9.36 Å². The number of rotatable bonds is 4. The predicted molar refractivity (Wildman–Crippen MR) is 85.9 cm³/mol. The average molecular weight is 332 g/mol. The molecule has 0 radical (unpaired) electrons. The van der Waals surface area contributed by atoms with Crippen LogP contribution in [0, 0.1) is 11.3 Å². The summed E-state index contributed by atoms with van der Waals surface area (Å²) in [6, 6.07) is 7.33. The fourth-order valence-electron chi connectivity index (χ4n) is 4.04. The number of hydrogen-bond acceptors (Lipinski definition) is 5. The van der Waals surface area contributed by atoms with E-state index in [-0.39, 0.29) is 11.7 Å². The zero-order valence-electron chi connectivity index (χ0n) is 13.3. The molecule has 2 aliphatic rings. The number of nitrogens with zero attached hydrogens (tertiary/aromatic N) is 2. The first-order valence-corrected chi connectivity index (χ1v) is 8.22. The Morgan fingerprint density at radius 3 is 2.96 bits per heavy atom. The lowest BCUT2D eigenvalue weighted by Crippen LogP contribution is -2.44. The van der Waals surface area contributed by atoms with Gasteiger partial charge in [-0.1, -0.05) is 12.1 Å². The van der Waals surface area contributed by atoms with Crippen molar-refractivity contribution in [3.63, 3.8) is 0 Å². The smallest absolute Gasteiger partial charge is 0.419 e. The second kappa shape index (κ2) is 5.75. The largest absolute Gasteiger partial charge is 0.481 e. The Bertz CT molecular complexity index is 826. The predicted octanol–water partition coefficient (Wildman–Crippen LogP) is 1.02. The minimum Gasteiger partial charge on any atom is -0.481 e. The van der Waals surface area contributed by atoms with E-state index in [0.29, 0.717) is 51.4 Å². The molecule has 4 rings (SSSR count). The normalized spacial score (nSPS) is 27.4. The first-order chi connectivity index (χ1) is 11.6. The Balaban J connectivity index is 1.51. The number of oxazole rings is 1. The zero-order valence-corrected chi connectivity index (χ0v) is 13.3. The molecule has 2 fully saturated rings. The summed E-state index contributed by atoms with van der Waals surface area (Å²) in [6.45, 7) is 3.31. The Morgan fingerprint density at radius 1 is 1.33 bits per heavy atom. The van der Waals surface area contributed by atoms with Crippen molar-refractivity contribution in [1.29, 1.82) is 0 Å². The Kier molecular flexibility index (Phi) is 3.69. The SMILES string of the molecule is O=C(O)[C@]12CCOC[C@H]1CN(CCn1c(=O)oc3ccccc31)C2. The maximum atomic E-state index is 12.0. The van der Waals surface area contributed by atoms with Crippen molar-refractivity contribution in [2.24, 2.45) is 11.3 Å². The molecule has 1 aromatic heterocycles. The van der Waals surface area contributed by atoms with Gasteiger partial charge < -0.3 is 19.2 Å². The number of carboxylic acid groups (broad SMARTS) is 1. The van der Waals surface area contributed by atoms with E-state index in [2.05, 4.69) is 4.90 Å². The van der Waals surface area contributed by atoms with E-state index in [1.165, 1.54) is 0 Å². The Hall–Kier alpha value is -2.12. The summed E-state index contributed by atoms with van der Waals surface area (Å²) in [7, 11) is 0. The van der Waals surface area contributed by atoms with Crippen molar-refractivity contribution in [2.75, 3.05) is 32.8 Å². The summed E-state index contributed by atoms with van der Waals surface area (Å²) < 4.78 is 12.3. The van der Waals surface area contributed by atoms with Crippen molar-refractivity contribution in [1.82, 2.24) is 9.47 Å². The number of fused-ring (bicyclic) bond motifs is 2. The standard InChI is InChI=1S/C17H20N2O5/c20-15(21)17-5-8-23-10-12(17)9-18(11-17)6-7-19-13-3-1-2-4-14(13)24-16(19)22/h1-4,12H,5-11H2,(H,20,21)/t12-,17+/m1/s1. The van der Waals surface area contributed by atoms with Gasteiger partial charge in [0.2, 0.25) is 0 Å². The van der Waals surface area contributed by atoms with Gasteiger partial charge in [0.1, 0.15) is 0 Å². The van der Waals surface area contributed by atoms with Crippen molar-refractivity contribution >= 4 is 17.1 Å². The van der Waals surface area contributed by atoms with Crippen LogP contribution in [0.3, 0.4) is 0 Å². The van der Waals surface area contributed by atoms with Crippen LogP contribution < -0.4 is 5.76 Å². The molecule has 7 heteroatoms. The quantitative estimate of drug-likeness (QED) is 0.900. The number of benzene rings is 1. The first kappa shape index (κ1) is 15.4. The molecule has 2 aliphatic heterocycles. The third-order valence-electron chi connectivity index (χ3n) is 5.42. The summed E-state index contributed by atoms with van der Waals surface area (Å²) in [5.74, 6) is -1.09. The summed E-state index contributed by atoms with van der Waals surface area (Å²) >= 11 is 0. The van der Waals surface area contributed by atoms with Gasteiger partial charge in [0.25, 0.3) is 0 Å². The molecule has 1 N–H and O–H groups in total. The molecule has 0 bridgehead atoms. The van der Waals surface area contributed by atoms with Gasteiger partial charge >= 0.3 is 11.7 Å². The fourth-order valence-corrected chi connectivity index (χ4v) is 4.04. The fraction of sp³-hybridized carbons (Fsp3) is 0.529. The number of carbonyl (C=O) groups is 1. The molecular formula is C17H20N2O5. The van der Waals surface area contributed by atoms with E-state index in [0.717, 1.165) is 5.52 Å². The third-order valence-corrected chi connectivity index (χ3v) is 5.42. The van der Waals surface area contributed by atoms with Crippen LogP contribution in [0.15, 0.2) is 33.5 Å². The molecule has 2 atom stereocenters. The van der Waals surface area contributed by atoms with E-state index in [1.807, 2.05) is 18.2 Å². The zero-order chi connectivity index (χ0) is 16.7. The van der Waals surface area contributed by atoms with Crippen LogP contribution >= 0.6 is 0 Å².